The maximum Gasteiger partial charge on any atom is 0.325 e. The third-order valence-corrected chi connectivity index (χ3v) is 4.38. The highest BCUT2D eigenvalue weighted by atomic mass is 35.5. The largest absolute Gasteiger partial charge is 0.456 e. The smallest absolute Gasteiger partial charge is 0.325 e. The van der Waals surface area contributed by atoms with Crippen LogP contribution in [0.15, 0.2) is 42.5 Å². The minimum Gasteiger partial charge on any atom is -0.456 e. The van der Waals surface area contributed by atoms with E-state index in [9.17, 15) is 14.4 Å². The van der Waals surface area contributed by atoms with E-state index >= 15 is 0 Å². The SMILES string of the molecule is CCc1ccc(CC)c(C(=O)COC(=O)CNC(=O)c2ccc(Cl)cc2)c1. The fourth-order valence-electron chi connectivity index (χ4n) is 2.54. The lowest BCUT2D eigenvalue weighted by Crippen LogP contribution is -2.31. The molecule has 0 atom stereocenters. The molecule has 0 fully saturated rings. The standard InChI is InChI=1S/C21H22ClNO4/c1-3-14-5-6-15(4-2)18(11-14)19(24)13-27-20(25)12-23-21(26)16-7-9-17(22)10-8-16/h5-11H,3-4,12-13H2,1-2H3,(H,23,26). The Balaban J connectivity index is 1.87. The Bertz CT molecular complexity index is 831. The van der Waals surface area contributed by atoms with Crippen molar-refractivity contribution in [1.82, 2.24) is 5.32 Å². The highest BCUT2D eigenvalue weighted by Crippen LogP contribution is 2.15. The van der Waals surface area contributed by atoms with Gasteiger partial charge in [-0.3, -0.25) is 14.4 Å². The van der Waals surface area contributed by atoms with Gasteiger partial charge in [-0.25, -0.2) is 0 Å². The molecule has 0 heterocycles. The van der Waals surface area contributed by atoms with Crippen molar-refractivity contribution in [3.05, 3.63) is 69.7 Å². The second-order valence-corrected chi connectivity index (χ2v) is 6.41. The van der Waals surface area contributed by atoms with Crippen molar-refractivity contribution >= 4 is 29.3 Å². The van der Waals surface area contributed by atoms with Gasteiger partial charge >= 0.3 is 5.97 Å². The van der Waals surface area contributed by atoms with Crippen molar-refractivity contribution in [2.75, 3.05) is 13.2 Å². The summed E-state index contributed by atoms with van der Waals surface area (Å²) >= 11 is 5.77. The first-order valence-corrected chi connectivity index (χ1v) is 9.16. The molecule has 0 saturated heterocycles. The number of benzene rings is 2. The van der Waals surface area contributed by atoms with Crippen molar-refractivity contribution in [1.29, 1.82) is 0 Å². The number of carbonyl (C=O) groups is 3. The number of esters is 1. The second kappa shape index (κ2) is 9.88. The lowest BCUT2D eigenvalue weighted by molar-refractivity contribution is -0.141. The molecular formula is C21H22ClNO4. The van der Waals surface area contributed by atoms with Crippen molar-refractivity contribution in [3.63, 3.8) is 0 Å². The molecule has 2 rings (SSSR count). The van der Waals surface area contributed by atoms with Crippen LogP contribution in [0.3, 0.4) is 0 Å². The van der Waals surface area contributed by atoms with Gasteiger partial charge in [0.25, 0.3) is 5.91 Å². The quantitative estimate of drug-likeness (QED) is 0.554. The predicted molar refractivity (Wildman–Crippen MR) is 104 cm³/mol. The number of aryl methyl sites for hydroxylation is 2. The van der Waals surface area contributed by atoms with E-state index in [0.29, 0.717) is 16.1 Å². The van der Waals surface area contributed by atoms with Gasteiger partial charge < -0.3 is 10.1 Å². The number of nitrogens with one attached hydrogen (secondary N) is 1. The van der Waals surface area contributed by atoms with Crippen LogP contribution in [-0.4, -0.2) is 30.8 Å². The molecule has 2 aromatic rings. The molecule has 0 bridgehead atoms. The molecule has 1 N–H and O–H groups in total. The van der Waals surface area contributed by atoms with E-state index in [1.807, 2.05) is 32.0 Å². The van der Waals surface area contributed by atoms with Gasteiger partial charge in [0.2, 0.25) is 5.78 Å². The molecule has 5 nitrogen and oxygen atoms in total. The van der Waals surface area contributed by atoms with E-state index in [4.69, 9.17) is 16.3 Å². The highest BCUT2D eigenvalue weighted by Gasteiger charge is 2.15. The molecule has 0 radical (unpaired) electrons. The Labute approximate surface area is 163 Å². The van der Waals surface area contributed by atoms with E-state index in [-0.39, 0.29) is 18.9 Å². The number of carbonyl (C=O) groups excluding carboxylic acids is 3. The summed E-state index contributed by atoms with van der Waals surface area (Å²) in [5.74, 6) is -1.34. The van der Waals surface area contributed by atoms with E-state index in [1.54, 1.807) is 24.3 Å². The van der Waals surface area contributed by atoms with E-state index < -0.39 is 11.9 Å². The van der Waals surface area contributed by atoms with Crippen LogP contribution in [0.5, 0.6) is 0 Å². The molecule has 0 spiro atoms. The summed E-state index contributed by atoms with van der Waals surface area (Å²) in [7, 11) is 0. The predicted octanol–water partition coefficient (Wildman–Crippen LogP) is 3.62. The lowest BCUT2D eigenvalue weighted by atomic mass is 9.98. The number of amides is 1. The summed E-state index contributed by atoms with van der Waals surface area (Å²) in [6.07, 6.45) is 1.54. The maximum absolute atomic E-state index is 12.4. The summed E-state index contributed by atoms with van der Waals surface area (Å²) < 4.78 is 5.01. The summed E-state index contributed by atoms with van der Waals surface area (Å²) in [5, 5.41) is 2.97. The fourth-order valence-corrected chi connectivity index (χ4v) is 2.67. The van der Waals surface area contributed by atoms with Crippen LogP contribution in [0.25, 0.3) is 0 Å². The van der Waals surface area contributed by atoms with Gasteiger partial charge in [0.15, 0.2) is 6.61 Å². The average molecular weight is 388 g/mol. The van der Waals surface area contributed by atoms with Gasteiger partial charge in [-0.2, -0.15) is 0 Å². The summed E-state index contributed by atoms with van der Waals surface area (Å²) in [6, 6.07) is 12.1. The van der Waals surface area contributed by atoms with Crippen LogP contribution in [0.1, 0.15) is 45.7 Å². The third-order valence-electron chi connectivity index (χ3n) is 4.13. The van der Waals surface area contributed by atoms with Gasteiger partial charge in [0, 0.05) is 16.1 Å². The molecule has 2 aromatic carbocycles. The first kappa shape index (κ1) is 20.6. The van der Waals surface area contributed by atoms with Crippen LogP contribution < -0.4 is 5.32 Å². The Morgan fingerprint density at radius 3 is 2.33 bits per heavy atom. The van der Waals surface area contributed by atoms with Crippen LogP contribution in [-0.2, 0) is 22.4 Å². The minimum atomic E-state index is -0.671. The molecule has 142 valence electrons. The number of ketones is 1. The van der Waals surface area contributed by atoms with Crippen molar-refractivity contribution in [3.8, 4) is 0 Å². The monoisotopic (exact) mass is 387 g/mol. The van der Waals surface area contributed by atoms with Crippen molar-refractivity contribution < 1.29 is 19.1 Å². The molecule has 27 heavy (non-hydrogen) atoms. The number of halogens is 1. The molecule has 0 aliphatic carbocycles. The molecule has 0 aromatic heterocycles. The Morgan fingerprint density at radius 1 is 1.00 bits per heavy atom. The topological polar surface area (TPSA) is 72.5 Å². The maximum atomic E-state index is 12.4. The van der Waals surface area contributed by atoms with E-state index in [2.05, 4.69) is 5.32 Å². The van der Waals surface area contributed by atoms with Gasteiger partial charge in [0.05, 0.1) is 0 Å². The van der Waals surface area contributed by atoms with Crippen molar-refractivity contribution in [2.45, 2.75) is 26.7 Å². The van der Waals surface area contributed by atoms with Gasteiger partial charge in [0.1, 0.15) is 6.54 Å². The number of Topliss-reactive ketones (excluding diaryl/α,β-unsaturated/α-hetero) is 1. The molecule has 1 amide bonds. The number of hydrogen-bond donors (Lipinski definition) is 1. The normalized spacial score (nSPS) is 10.3. The van der Waals surface area contributed by atoms with Gasteiger partial charge in [-0.15, -0.1) is 0 Å². The Morgan fingerprint density at radius 2 is 1.70 bits per heavy atom. The third kappa shape index (κ3) is 5.93. The molecular weight excluding hydrogens is 366 g/mol. The zero-order valence-electron chi connectivity index (χ0n) is 15.4. The Kier molecular flexibility index (Phi) is 7.55. The molecule has 0 aliphatic rings. The molecule has 0 unspecified atom stereocenters. The molecule has 0 saturated carbocycles. The van der Waals surface area contributed by atoms with Crippen LogP contribution >= 0.6 is 11.6 Å². The lowest BCUT2D eigenvalue weighted by Gasteiger charge is -2.10. The van der Waals surface area contributed by atoms with Crippen molar-refractivity contribution in [2.24, 2.45) is 0 Å². The minimum absolute atomic E-state index is 0.250. The molecule has 0 aliphatic heterocycles. The van der Waals surface area contributed by atoms with Gasteiger partial charge in [-0.05, 0) is 54.3 Å². The number of hydrogen-bond acceptors (Lipinski definition) is 4. The second-order valence-electron chi connectivity index (χ2n) is 5.97. The summed E-state index contributed by atoms with van der Waals surface area (Å²) in [5.41, 5.74) is 2.93. The van der Waals surface area contributed by atoms with E-state index in [0.717, 1.165) is 24.0 Å². The number of ether oxygens (including phenoxy) is 1. The fraction of sp³-hybridized carbons (Fsp3) is 0.286. The van der Waals surface area contributed by atoms with E-state index in [1.165, 1.54) is 0 Å². The molecule has 6 heteroatoms. The zero-order chi connectivity index (χ0) is 19.8. The summed E-state index contributed by atoms with van der Waals surface area (Å²) in [4.78, 5) is 36.2. The first-order valence-electron chi connectivity index (χ1n) is 8.79. The number of rotatable bonds is 8. The Hall–Kier alpha value is -2.66. The summed E-state index contributed by atoms with van der Waals surface area (Å²) in [6.45, 7) is 3.31. The van der Waals surface area contributed by atoms with Gasteiger partial charge in [-0.1, -0.05) is 37.6 Å². The highest BCUT2D eigenvalue weighted by molar-refractivity contribution is 6.30. The average Bonchev–Trinajstić information content (AvgIpc) is 2.70. The first-order chi connectivity index (χ1) is 12.9. The van der Waals surface area contributed by atoms with Crippen LogP contribution in [0.4, 0.5) is 0 Å². The zero-order valence-corrected chi connectivity index (χ0v) is 16.1. The van der Waals surface area contributed by atoms with Crippen LogP contribution in [0, 0.1) is 0 Å². The van der Waals surface area contributed by atoms with Crippen LogP contribution in [0.2, 0.25) is 5.02 Å².